The number of nitrogens with one attached hydrogen (secondary N) is 1. The summed E-state index contributed by atoms with van der Waals surface area (Å²) in [6, 6.07) is 4.73. The number of carbonyl (C=O) groups is 1. The van der Waals surface area contributed by atoms with Crippen LogP contribution in [-0.4, -0.2) is 23.7 Å². The molecule has 1 aliphatic carbocycles. The second-order valence-electron chi connectivity index (χ2n) is 5.05. The van der Waals surface area contributed by atoms with Crippen LogP contribution in [0.3, 0.4) is 0 Å². The average molecular weight is 320 g/mol. The molecule has 1 aromatic rings. The first kappa shape index (κ1) is 15.8. The summed E-state index contributed by atoms with van der Waals surface area (Å²) in [4.78, 5) is 10.9. The summed E-state index contributed by atoms with van der Waals surface area (Å²) in [7, 11) is 0. The van der Waals surface area contributed by atoms with Gasteiger partial charge in [-0.15, -0.1) is 0 Å². The number of rotatable bonds is 5. The molecule has 1 fully saturated rings. The molecule has 116 valence electrons. The highest BCUT2D eigenvalue weighted by Gasteiger charge is 2.25. The molecule has 0 atom stereocenters. The Bertz CT molecular complexity index is 505. The van der Waals surface area contributed by atoms with E-state index in [-0.39, 0.29) is 22.7 Å². The fraction of sp³-hybridized carbons (Fsp3) is 0.500. The molecule has 1 saturated carbocycles. The van der Waals surface area contributed by atoms with Crippen molar-refractivity contribution < 1.29 is 23.4 Å². The molecule has 0 heterocycles. The number of ether oxygens (including phenoxy) is 1. The average Bonchev–Trinajstić information content (AvgIpc) is 2.42. The number of hydrogen-bond donors (Lipinski definition) is 2. The molecule has 4 nitrogen and oxygen atoms in total. The van der Waals surface area contributed by atoms with Crippen LogP contribution >= 0.6 is 11.6 Å². The lowest BCUT2D eigenvalue weighted by molar-refractivity contribution is -0.142. The summed E-state index contributed by atoms with van der Waals surface area (Å²) in [5, 5.41) is 12.3. The van der Waals surface area contributed by atoms with Crippen molar-refractivity contribution in [3.8, 4) is 5.75 Å². The van der Waals surface area contributed by atoms with Crippen molar-refractivity contribution in [2.24, 2.45) is 5.92 Å². The van der Waals surface area contributed by atoms with Crippen molar-refractivity contribution in [1.82, 2.24) is 0 Å². The second-order valence-corrected chi connectivity index (χ2v) is 5.46. The van der Waals surface area contributed by atoms with E-state index >= 15 is 0 Å². The minimum atomic E-state index is -2.93. The first-order valence-corrected chi connectivity index (χ1v) is 7.07. The van der Waals surface area contributed by atoms with E-state index in [2.05, 4.69) is 10.1 Å². The highest BCUT2D eigenvalue weighted by Crippen LogP contribution is 2.31. The van der Waals surface area contributed by atoms with Crippen LogP contribution < -0.4 is 10.1 Å². The van der Waals surface area contributed by atoms with Crippen LogP contribution in [0.5, 0.6) is 5.75 Å². The smallest absolute Gasteiger partial charge is 0.387 e. The van der Waals surface area contributed by atoms with Gasteiger partial charge in [0.15, 0.2) is 0 Å². The maximum atomic E-state index is 12.3. The fourth-order valence-electron chi connectivity index (χ4n) is 2.50. The summed E-state index contributed by atoms with van der Waals surface area (Å²) < 4.78 is 28.8. The molecule has 0 amide bonds. The van der Waals surface area contributed by atoms with Crippen LogP contribution in [0.25, 0.3) is 0 Å². The first-order chi connectivity index (χ1) is 9.95. The van der Waals surface area contributed by atoms with Crippen molar-refractivity contribution in [2.45, 2.75) is 38.3 Å². The third-order valence-electron chi connectivity index (χ3n) is 3.59. The zero-order chi connectivity index (χ0) is 15.4. The van der Waals surface area contributed by atoms with Crippen LogP contribution in [-0.2, 0) is 4.79 Å². The Hall–Kier alpha value is -1.56. The van der Waals surface area contributed by atoms with Crippen LogP contribution in [0.15, 0.2) is 18.2 Å². The lowest BCUT2D eigenvalue weighted by Crippen LogP contribution is -2.29. The zero-order valence-electron chi connectivity index (χ0n) is 11.2. The number of anilines is 1. The maximum absolute atomic E-state index is 12.3. The van der Waals surface area contributed by atoms with Crippen molar-refractivity contribution in [1.29, 1.82) is 0 Å². The van der Waals surface area contributed by atoms with Gasteiger partial charge in [-0.3, -0.25) is 4.79 Å². The quantitative estimate of drug-likeness (QED) is 0.861. The molecule has 1 aromatic carbocycles. The van der Waals surface area contributed by atoms with Gasteiger partial charge in [-0.25, -0.2) is 0 Å². The molecule has 2 rings (SSSR count). The van der Waals surface area contributed by atoms with Gasteiger partial charge < -0.3 is 15.2 Å². The third kappa shape index (κ3) is 4.46. The number of carboxylic acids is 1. The van der Waals surface area contributed by atoms with E-state index in [1.807, 2.05) is 0 Å². The Morgan fingerprint density at radius 2 is 2.00 bits per heavy atom. The highest BCUT2D eigenvalue weighted by molar-refractivity contribution is 6.32. The highest BCUT2D eigenvalue weighted by atomic mass is 35.5. The van der Waals surface area contributed by atoms with Gasteiger partial charge in [0.1, 0.15) is 5.75 Å². The van der Waals surface area contributed by atoms with Crippen LogP contribution in [0.4, 0.5) is 14.5 Å². The van der Waals surface area contributed by atoms with Crippen molar-refractivity contribution >= 4 is 23.3 Å². The van der Waals surface area contributed by atoms with Crippen molar-refractivity contribution in [3.63, 3.8) is 0 Å². The normalized spacial score (nSPS) is 22.1. The number of benzene rings is 1. The molecule has 21 heavy (non-hydrogen) atoms. The molecule has 0 bridgehead atoms. The molecule has 0 spiro atoms. The zero-order valence-corrected chi connectivity index (χ0v) is 11.9. The van der Waals surface area contributed by atoms with Gasteiger partial charge in [-0.1, -0.05) is 11.6 Å². The predicted molar refractivity (Wildman–Crippen MR) is 75.1 cm³/mol. The fourth-order valence-corrected chi connectivity index (χ4v) is 2.66. The third-order valence-corrected chi connectivity index (χ3v) is 3.91. The van der Waals surface area contributed by atoms with Gasteiger partial charge in [0.25, 0.3) is 0 Å². The number of carboxylic acid groups (broad SMARTS) is 1. The second kappa shape index (κ2) is 6.93. The summed E-state index contributed by atoms with van der Waals surface area (Å²) >= 11 is 5.79. The minimum Gasteiger partial charge on any atom is -0.481 e. The standard InChI is InChI=1S/C14H16ClF2NO3/c15-11-6-5-10(7-12(11)21-14(16)17)18-9-3-1-8(2-4-9)13(19)20/h5-9,14,18H,1-4H2,(H,19,20). The monoisotopic (exact) mass is 319 g/mol. The Morgan fingerprint density at radius 3 is 2.57 bits per heavy atom. The topological polar surface area (TPSA) is 58.6 Å². The lowest BCUT2D eigenvalue weighted by Gasteiger charge is -2.27. The number of hydrogen-bond acceptors (Lipinski definition) is 3. The molecule has 0 unspecified atom stereocenters. The minimum absolute atomic E-state index is 0.0733. The Labute approximate surface area is 126 Å². The van der Waals surface area contributed by atoms with Crippen LogP contribution in [0, 0.1) is 5.92 Å². The Morgan fingerprint density at radius 1 is 1.33 bits per heavy atom. The van der Waals surface area contributed by atoms with Gasteiger partial charge in [0, 0.05) is 17.8 Å². The van der Waals surface area contributed by atoms with Crippen LogP contribution in [0.2, 0.25) is 5.02 Å². The largest absolute Gasteiger partial charge is 0.481 e. The molecule has 2 N–H and O–H groups in total. The van der Waals surface area contributed by atoms with Crippen LogP contribution in [0.1, 0.15) is 25.7 Å². The van der Waals surface area contributed by atoms with Gasteiger partial charge in [-0.05, 0) is 37.8 Å². The van der Waals surface area contributed by atoms with Gasteiger partial charge in [0.2, 0.25) is 0 Å². The molecular weight excluding hydrogens is 304 g/mol. The van der Waals surface area contributed by atoms with E-state index in [0.29, 0.717) is 18.5 Å². The van der Waals surface area contributed by atoms with E-state index in [1.165, 1.54) is 12.1 Å². The summed E-state index contributed by atoms with van der Waals surface area (Å²) in [5.74, 6) is -1.12. The Balaban J connectivity index is 1.96. The molecule has 7 heteroatoms. The lowest BCUT2D eigenvalue weighted by atomic mass is 9.86. The number of aliphatic carboxylic acids is 1. The summed E-state index contributed by atoms with van der Waals surface area (Å²) in [5.41, 5.74) is 0.633. The van der Waals surface area contributed by atoms with Gasteiger partial charge >= 0.3 is 12.6 Å². The number of halogens is 3. The van der Waals surface area contributed by atoms with E-state index in [1.54, 1.807) is 6.07 Å². The molecule has 0 saturated heterocycles. The van der Waals surface area contributed by atoms with Gasteiger partial charge in [-0.2, -0.15) is 8.78 Å². The van der Waals surface area contributed by atoms with Crippen molar-refractivity contribution in [2.75, 3.05) is 5.32 Å². The SMILES string of the molecule is O=C(O)C1CCC(Nc2ccc(Cl)c(OC(F)F)c2)CC1. The first-order valence-electron chi connectivity index (χ1n) is 6.69. The van der Waals surface area contributed by atoms with Gasteiger partial charge in [0.05, 0.1) is 10.9 Å². The molecule has 0 radical (unpaired) electrons. The van der Waals surface area contributed by atoms with E-state index in [9.17, 15) is 13.6 Å². The molecular formula is C14H16ClF2NO3. The molecule has 1 aliphatic rings. The Kier molecular flexibility index (Phi) is 5.22. The predicted octanol–water partition coefficient (Wildman–Crippen LogP) is 4.00. The van der Waals surface area contributed by atoms with Crippen molar-refractivity contribution in [3.05, 3.63) is 23.2 Å². The maximum Gasteiger partial charge on any atom is 0.387 e. The van der Waals surface area contributed by atoms with E-state index < -0.39 is 12.6 Å². The molecule has 0 aliphatic heterocycles. The summed E-state index contributed by atoms with van der Waals surface area (Å²) in [6.07, 6.45) is 2.68. The molecule has 0 aromatic heterocycles. The van der Waals surface area contributed by atoms with E-state index in [4.69, 9.17) is 16.7 Å². The van der Waals surface area contributed by atoms with E-state index in [0.717, 1.165) is 12.8 Å². The number of alkyl halides is 2. The summed E-state index contributed by atoms with van der Waals surface area (Å²) in [6.45, 7) is -2.93.